The van der Waals surface area contributed by atoms with Crippen molar-refractivity contribution in [3.05, 3.63) is 95.6 Å². The Labute approximate surface area is 220 Å². The summed E-state index contributed by atoms with van der Waals surface area (Å²) in [6.45, 7) is 1.36. The van der Waals surface area contributed by atoms with Gasteiger partial charge in [0, 0.05) is 5.92 Å². The van der Waals surface area contributed by atoms with Crippen LogP contribution in [0.1, 0.15) is 29.5 Å². The van der Waals surface area contributed by atoms with Crippen molar-refractivity contribution in [2.45, 2.75) is 31.3 Å². The molecule has 1 aliphatic rings. The van der Waals surface area contributed by atoms with Gasteiger partial charge < -0.3 is 26.2 Å². The van der Waals surface area contributed by atoms with Gasteiger partial charge in [-0.2, -0.15) is 0 Å². The van der Waals surface area contributed by atoms with Crippen LogP contribution in [0.15, 0.2) is 78.9 Å². The van der Waals surface area contributed by atoms with Crippen molar-refractivity contribution in [3.8, 4) is 11.1 Å². The summed E-state index contributed by atoms with van der Waals surface area (Å²) in [5.74, 6) is -4.49. The van der Waals surface area contributed by atoms with E-state index in [-0.39, 0.29) is 18.9 Å². The smallest absolute Gasteiger partial charge is 0.407 e. The first kappa shape index (κ1) is 26.4. The number of hydrogen-bond acceptors (Lipinski definition) is 5. The molecule has 5 N–H and O–H groups in total. The van der Waals surface area contributed by atoms with Gasteiger partial charge in [-0.3, -0.25) is 14.4 Å². The van der Waals surface area contributed by atoms with Gasteiger partial charge in [0.1, 0.15) is 18.7 Å². The van der Waals surface area contributed by atoms with Crippen LogP contribution in [0, 0.1) is 5.92 Å². The van der Waals surface area contributed by atoms with Crippen molar-refractivity contribution in [1.82, 2.24) is 10.6 Å². The fourth-order valence-electron chi connectivity index (χ4n) is 4.71. The van der Waals surface area contributed by atoms with Crippen LogP contribution in [0.5, 0.6) is 0 Å². The first-order chi connectivity index (χ1) is 18.3. The number of rotatable bonds is 10. The number of carbonyl (C=O) groups is 4. The van der Waals surface area contributed by atoms with Crippen molar-refractivity contribution in [2.75, 3.05) is 6.61 Å². The normalized spacial score (nSPS) is 14.3. The van der Waals surface area contributed by atoms with Gasteiger partial charge in [0.25, 0.3) is 0 Å². The summed E-state index contributed by atoms with van der Waals surface area (Å²) in [5.41, 5.74) is 10.1. The van der Waals surface area contributed by atoms with Crippen LogP contribution in [0.4, 0.5) is 4.79 Å². The minimum Gasteiger partial charge on any atom is -0.481 e. The Bertz CT molecular complexity index is 1300. The second kappa shape index (κ2) is 11.6. The van der Waals surface area contributed by atoms with Gasteiger partial charge in [0.05, 0.1) is 5.92 Å². The second-order valence-electron chi connectivity index (χ2n) is 9.21. The van der Waals surface area contributed by atoms with Gasteiger partial charge in [-0.25, -0.2) is 4.79 Å². The molecular formula is C29H29N3O6. The van der Waals surface area contributed by atoms with Crippen LogP contribution in [-0.2, 0) is 25.5 Å². The molecule has 196 valence electrons. The highest BCUT2D eigenvalue weighted by atomic mass is 16.5. The number of benzene rings is 3. The molecule has 0 bridgehead atoms. The molecule has 3 aromatic carbocycles. The van der Waals surface area contributed by atoms with Crippen LogP contribution in [0.3, 0.4) is 0 Å². The molecule has 9 heteroatoms. The van der Waals surface area contributed by atoms with E-state index in [9.17, 15) is 24.3 Å². The van der Waals surface area contributed by atoms with E-state index in [2.05, 4.69) is 10.6 Å². The summed E-state index contributed by atoms with van der Waals surface area (Å²) < 4.78 is 5.54. The maximum Gasteiger partial charge on any atom is 0.407 e. The third-order valence-corrected chi connectivity index (χ3v) is 6.70. The third-order valence-electron chi connectivity index (χ3n) is 6.70. The molecule has 3 atom stereocenters. The predicted octanol–water partition coefficient (Wildman–Crippen LogP) is 2.83. The Kier molecular flexibility index (Phi) is 8.06. The minimum atomic E-state index is -1.52. The van der Waals surface area contributed by atoms with E-state index in [4.69, 9.17) is 10.5 Å². The number of carbonyl (C=O) groups excluding carboxylic acids is 3. The first-order valence-corrected chi connectivity index (χ1v) is 12.2. The zero-order valence-corrected chi connectivity index (χ0v) is 20.8. The molecule has 0 fully saturated rings. The van der Waals surface area contributed by atoms with Gasteiger partial charge in [-0.05, 0) is 41.2 Å². The van der Waals surface area contributed by atoms with Crippen LogP contribution >= 0.6 is 0 Å². The highest BCUT2D eigenvalue weighted by Gasteiger charge is 2.37. The minimum absolute atomic E-state index is 0.0116. The third kappa shape index (κ3) is 5.83. The molecule has 38 heavy (non-hydrogen) atoms. The van der Waals surface area contributed by atoms with E-state index >= 15 is 0 Å². The average molecular weight is 516 g/mol. The van der Waals surface area contributed by atoms with Crippen LogP contribution in [-0.4, -0.2) is 47.7 Å². The molecular weight excluding hydrogens is 486 g/mol. The van der Waals surface area contributed by atoms with Crippen LogP contribution in [0.25, 0.3) is 11.1 Å². The van der Waals surface area contributed by atoms with Gasteiger partial charge in [0.2, 0.25) is 11.8 Å². The lowest BCUT2D eigenvalue weighted by atomic mass is 9.91. The maximum atomic E-state index is 13.1. The summed E-state index contributed by atoms with van der Waals surface area (Å²) in [6, 6.07) is 21.8. The maximum absolute atomic E-state index is 13.1. The van der Waals surface area contributed by atoms with Gasteiger partial charge in [-0.15, -0.1) is 0 Å². The van der Waals surface area contributed by atoms with Crippen molar-refractivity contribution in [3.63, 3.8) is 0 Å². The predicted molar refractivity (Wildman–Crippen MR) is 140 cm³/mol. The summed E-state index contributed by atoms with van der Waals surface area (Å²) >= 11 is 0. The quantitative estimate of drug-likeness (QED) is 0.326. The number of nitrogens with two attached hydrogens (primary N) is 1. The lowest BCUT2D eigenvalue weighted by Crippen LogP contribution is -2.56. The van der Waals surface area contributed by atoms with Gasteiger partial charge >= 0.3 is 12.1 Å². The van der Waals surface area contributed by atoms with Crippen molar-refractivity contribution < 1.29 is 29.0 Å². The Morgan fingerprint density at radius 3 is 1.97 bits per heavy atom. The van der Waals surface area contributed by atoms with Gasteiger partial charge in [-0.1, -0.05) is 78.9 Å². The Morgan fingerprint density at radius 2 is 1.42 bits per heavy atom. The molecule has 0 aliphatic heterocycles. The number of fused-ring (bicyclic) bond motifs is 3. The number of carboxylic acid groups (broad SMARTS) is 1. The second-order valence-corrected chi connectivity index (χ2v) is 9.21. The Balaban J connectivity index is 1.53. The summed E-state index contributed by atoms with van der Waals surface area (Å²) in [6.07, 6.45) is -0.985. The van der Waals surface area contributed by atoms with Crippen molar-refractivity contribution >= 4 is 23.9 Å². The Hall–Kier alpha value is -4.66. The SMILES string of the molecule is C[C@@H](NC(=O)[C@@H](NC(=O)OCC1c2ccccc2-c2ccccc21)C(Cc1ccccc1)C(=O)O)C(N)=O. The molecule has 0 saturated heterocycles. The monoisotopic (exact) mass is 515 g/mol. The van der Waals surface area contributed by atoms with Crippen molar-refractivity contribution in [2.24, 2.45) is 11.7 Å². The average Bonchev–Trinajstić information content (AvgIpc) is 3.23. The van der Waals surface area contributed by atoms with E-state index in [1.54, 1.807) is 30.3 Å². The highest BCUT2D eigenvalue weighted by Crippen LogP contribution is 2.44. The summed E-state index contributed by atoms with van der Waals surface area (Å²) in [7, 11) is 0. The molecule has 1 unspecified atom stereocenters. The summed E-state index contributed by atoms with van der Waals surface area (Å²) in [4.78, 5) is 49.7. The number of ether oxygens (including phenoxy) is 1. The number of hydrogen-bond donors (Lipinski definition) is 4. The molecule has 3 amide bonds. The van der Waals surface area contributed by atoms with E-state index in [1.807, 2.05) is 48.5 Å². The molecule has 0 heterocycles. The Morgan fingerprint density at radius 1 is 0.868 bits per heavy atom. The van der Waals surface area contributed by atoms with E-state index in [0.717, 1.165) is 22.3 Å². The van der Waals surface area contributed by atoms with E-state index < -0.39 is 41.9 Å². The lowest BCUT2D eigenvalue weighted by molar-refractivity contribution is -0.145. The zero-order chi connectivity index (χ0) is 27.2. The lowest BCUT2D eigenvalue weighted by Gasteiger charge is -2.25. The fraction of sp³-hybridized carbons (Fsp3) is 0.241. The molecule has 0 spiro atoms. The molecule has 3 aromatic rings. The largest absolute Gasteiger partial charge is 0.481 e. The molecule has 4 rings (SSSR count). The van der Waals surface area contributed by atoms with E-state index in [1.165, 1.54) is 6.92 Å². The topological polar surface area (TPSA) is 148 Å². The van der Waals surface area contributed by atoms with E-state index in [0.29, 0.717) is 5.56 Å². The first-order valence-electron chi connectivity index (χ1n) is 12.2. The number of nitrogens with one attached hydrogen (secondary N) is 2. The number of alkyl carbamates (subject to hydrolysis) is 1. The molecule has 0 aromatic heterocycles. The number of amides is 3. The highest BCUT2D eigenvalue weighted by molar-refractivity contribution is 5.93. The molecule has 0 saturated carbocycles. The van der Waals surface area contributed by atoms with Gasteiger partial charge in [0.15, 0.2) is 0 Å². The van der Waals surface area contributed by atoms with Crippen LogP contribution < -0.4 is 16.4 Å². The van der Waals surface area contributed by atoms with Crippen molar-refractivity contribution in [1.29, 1.82) is 0 Å². The standard InChI is InChI=1S/C29H29N3O6/c1-17(26(30)33)31-27(34)25(23(28(35)36)15-18-9-3-2-4-10-18)32-29(37)38-16-24-21-13-7-5-11-19(21)20-12-6-8-14-22(20)24/h2-14,17,23-25H,15-16H2,1H3,(H2,30,33)(H,31,34)(H,32,37)(H,35,36)/t17-,23?,25+/m1/s1. The number of primary amides is 1. The fourth-order valence-corrected chi connectivity index (χ4v) is 4.71. The zero-order valence-electron chi connectivity index (χ0n) is 20.8. The summed E-state index contributed by atoms with van der Waals surface area (Å²) in [5, 5.41) is 14.8. The molecule has 1 aliphatic carbocycles. The molecule has 0 radical (unpaired) electrons. The van der Waals surface area contributed by atoms with Crippen LogP contribution in [0.2, 0.25) is 0 Å². The molecule has 9 nitrogen and oxygen atoms in total. The number of carboxylic acids is 1. The number of aliphatic carboxylic acids is 1.